The van der Waals surface area contributed by atoms with Gasteiger partial charge in [-0.3, -0.25) is 19.7 Å². The topological polar surface area (TPSA) is 121 Å². The molecule has 2 aliphatic heterocycles. The number of fused-ring (bicyclic) bond motifs is 8. The molecule has 9 heterocycles. The minimum Gasteiger partial charge on any atom is -0.354 e. The van der Waals surface area contributed by atoms with Gasteiger partial charge in [0, 0.05) is 112 Å². The Morgan fingerprint density at radius 2 is 0.655 bits per heavy atom. The lowest BCUT2D eigenvalue weighted by atomic mass is 10.0. The number of hydrogen-bond acceptors (Lipinski definition) is 6. The molecular weight excluding hydrogens is 693 g/mol. The molecule has 0 radical (unpaired) electrons. The maximum absolute atomic E-state index is 10.2. The third-order valence-corrected chi connectivity index (χ3v) is 9.76. The van der Waals surface area contributed by atoms with Gasteiger partial charge in [0.1, 0.15) is 21.3 Å². The lowest BCUT2D eigenvalue weighted by Crippen LogP contribution is -2.39. The molecule has 0 saturated heterocycles. The Hall–Kier alpha value is -7.60. The molecule has 0 atom stereocenters. The molecule has 0 fully saturated rings. The van der Waals surface area contributed by atoms with Crippen molar-refractivity contribution in [3.63, 3.8) is 0 Å². The van der Waals surface area contributed by atoms with Crippen LogP contribution in [0, 0.1) is 0 Å². The summed E-state index contributed by atoms with van der Waals surface area (Å²) in [5.74, 6) is 0. The molecule has 55 heavy (non-hydrogen) atoms. The zero-order valence-corrected chi connectivity index (χ0v) is 30.2. The quantitative estimate of drug-likeness (QED) is 0.159. The second kappa shape index (κ2) is 13.7. The Kier molecular flexibility index (Phi) is 8.31. The summed E-state index contributed by atoms with van der Waals surface area (Å²) in [5.41, 5.74) is 13.9. The van der Waals surface area contributed by atoms with Gasteiger partial charge in [0.2, 0.25) is 49.6 Å². The Morgan fingerprint density at radius 1 is 0.400 bits per heavy atom. The van der Waals surface area contributed by atoms with Crippen molar-refractivity contribution in [2.75, 3.05) is 21.3 Å². The fraction of sp³-hybridized carbons (Fsp3) is 0.0698. The third-order valence-electron chi connectivity index (χ3n) is 9.76. The molecule has 2 aliphatic rings. The van der Waals surface area contributed by atoms with Crippen LogP contribution in [-0.2, 0) is 0 Å². The van der Waals surface area contributed by atoms with E-state index < -0.39 is 0 Å². The van der Waals surface area contributed by atoms with Gasteiger partial charge in [-0.2, -0.15) is 0 Å². The third kappa shape index (κ3) is 6.11. The number of rotatable bonds is 7. The van der Waals surface area contributed by atoms with E-state index in [1.54, 1.807) is 47.9 Å². The first-order valence-corrected chi connectivity index (χ1v) is 17.6. The minimum absolute atomic E-state index is 0.762. The fourth-order valence-electron chi connectivity index (χ4n) is 7.11. The van der Waals surface area contributed by atoms with Crippen molar-refractivity contribution in [3.8, 4) is 44.5 Å². The highest BCUT2D eigenvalue weighted by Gasteiger charge is 2.20. The number of aromatic amines is 2. The molecular formula is C43H36N8O4+4. The molecule has 7 aromatic heterocycles. The van der Waals surface area contributed by atoms with Gasteiger partial charge in [-0.1, -0.05) is 0 Å². The van der Waals surface area contributed by atoms with Crippen LogP contribution >= 0.6 is 0 Å². The summed E-state index contributed by atoms with van der Waals surface area (Å²) in [6.07, 6.45) is 22.7. The highest BCUT2D eigenvalue weighted by atomic mass is 16.6. The Bertz CT molecular complexity index is 2760. The largest absolute Gasteiger partial charge is 0.354 e. The predicted octanol–water partition coefficient (Wildman–Crippen LogP) is 4.89. The monoisotopic (exact) mass is 728 g/mol. The molecule has 0 aromatic carbocycles. The minimum atomic E-state index is 0.762. The molecule has 7 aromatic rings. The van der Waals surface area contributed by atoms with Crippen molar-refractivity contribution in [2.45, 2.75) is 0 Å². The van der Waals surface area contributed by atoms with Gasteiger partial charge in [-0.15, -0.1) is 0 Å². The van der Waals surface area contributed by atoms with Crippen LogP contribution in [0.2, 0.25) is 0 Å². The van der Waals surface area contributed by atoms with E-state index >= 15 is 0 Å². The van der Waals surface area contributed by atoms with Crippen molar-refractivity contribution in [1.29, 1.82) is 0 Å². The van der Waals surface area contributed by atoms with Crippen LogP contribution in [0.25, 0.3) is 90.9 Å². The maximum atomic E-state index is 10.2. The second-order valence-corrected chi connectivity index (χ2v) is 12.9. The van der Waals surface area contributed by atoms with E-state index in [4.69, 9.17) is 24.5 Å². The van der Waals surface area contributed by atoms with Crippen molar-refractivity contribution < 1.29 is 38.6 Å². The van der Waals surface area contributed by atoms with Crippen LogP contribution in [0.15, 0.2) is 122 Å². The Balaban J connectivity index is 1.44. The lowest BCUT2D eigenvalue weighted by Gasteiger charge is -2.06. The molecule has 268 valence electrons. The molecule has 0 amide bonds. The standard InChI is InChI=1S/C43H35N8O4/c1-53-49-22-14-29(15-23-49)41-34-6-4-32(44-34)40(28-12-20-48(52)21-13-28)33-5-7-35(45-33)42(30-16-24-50(54-2)25-17-30)37-9-11-39(47-37)43(38-10-8-36(41)46-38)31-18-26-51(55-3)27-19-31/h4-27H,1-3H3,(H2,44,45,46,47,52)/q+3/p+1. The van der Waals surface area contributed by atoms with E-state index in [9.17, 15) is 5.21 Å². The number of pyridine rings is 4. The van der Waals surface area contributed by atoms with E-state index in [1.807, 2.05) is 97.9 Å². The maximum Gasteiger partial charge on any atom is 0.223 e. The summed E-state index contributed by atoms with van der Waals surface area (Å²) in [6, 6.07) is 24.1. The van der Waals surface area contributed by atoms with Crippen LogP contribution in [0.4, 0.5) is 0 Å². The van der Waals surface area contributed by atoms with Crippen molar-refractivity contribution >= 4 is 46.4 Å². The molecule has 3 N–H and O–H groups in total. The van der Waals surface area contributed by atoms with Crippen LogP contribution in [-0.4, -0.2) is 46.5 Å². The summed E-state index contributed by atoms with van der Waals surface area (Å²) in [6.45, 7) is 0. The number of nitrogens with zero attached hydrogens (tertiary/aromatic N) is 6. The molecule has 12 heteroatoms. The van der Waals surface area contributed by atoms with Gasteiger partial charge >= 0.3 is 0 Å². The van der Waals surface area contributed by atoms with E-state index in [0.29, 0.717) is 0 Å². The van der Waals surface area contributed by atoms with Crippen molar-refractivity contribution in [2.24, 2.45) is 0 Å². The lowest BCUT2D eigenvalue weighted by molar-refractivity contribution is -0.904. The molecule has 0 unspecified atom stereocenters. The van der Waals surface area contributed by atoms with Crippen LogP contribution in [0.1, 0.15) is 22.8 Å². The molecule has 0 saturated carbocycles. The summed E-state index contributed by atoms with van der Waals surface area (Å²) < 4.78 is 5.96. The number of hydrogen-bond donors (Lipinski definition) is 3. The predicted molar refractivity (Wildman–Crippen MR) is 206 cm³/mol. The SMILES string of the molecule is CO[n+]1ccc(-c2c3nc(c(-c4cc[n+](OC)cc4)c4ccc([nH]4)c(-c4cc[n+](OC)cc4)c4nc(c(-c5cc[n+](O)cc5)c5ccc2[nH]5)C=C4)C=C3)cc1. The van der Waals surface area contributed by atoms with Gasteiger partial charge in [0.05, 0.1) is 22.8 Å². The van der Waals surface area contributed by atoms with Gasteiger partial charge in [-0.05, 0) is 70.8 Å². The van der Waals surface area contributed by atoms with Crippen LogP contribution in [0.5, 0.6) is 0 Å². The van der Waals surface area contributed by atoms with Crippen molar-refractivity contribution in [1.82, 2.24) is 19.9 Å². The normalized spacial score (nSPS) is 11.8. The number of aromatic nitrogens is 8. The zero-order chi connectivity index (χ0) is 37.5. The van der Waals surface area contributed by atoms with E-state index in [-0.39, 0.29) is 0 Å². The Labute approximate surface area is 315 Å². The number of H-pyrrole nitrogens is 2. The molecule has 0 spiro atoms. The number of nitrogens with one attached hydrogen (secondary N) is 2. The van der Waals surface area contributed by atoms with Gasteiger partial charge in [-0.25, -0.2) is 9.97 Å². The smallest absolute Gasteiger partial charge is 0.223 e. The van der Waals surface area contributed by atoms with Crippen molar-refractivity contribution in [3.05, 3.63) is 145 Å². The van der Waals surface area contributed by atoms with Gasteiger partial charge < -0.3 is 9.97 Å². The highest BCUT2D eigenvalue weighted by Crippen LogP contribution is 2.37. The van der Waals surface area contributed by atoms with E-state index in [0.717, 1.165) is 94.1 Å². The first-order valence-electron chi connectivity index (χ1n) is 17.6. The van der Waals surface area contributed by atoms with Gasteiger partial charge in [0.15, 0.2) is 0 Å². The average molecular weight is 729 g/mol. The van der Waals surface area contributed by atoms with E-state index in [1.165, 1.54) is 0 Å². The second-order valence-electron chi connectivity index (χ2n) is 12.9. The van der Waals surface area contributed by atoms with E-state index in [2.05, 4.69) is 46.4 Å². The zero-order valence-electron chi connectivity index (χ0n) is 30.2. The summed E-state index contributed by atoms with van der Waals surface area (Å²) in [5, 5.41) is 10.2. The highest BCUT2D eigenvalue weighted by molar-refractivity contribution is 5.99. The summed E-state index contributed by atoms with van der Waals surface area (Å²) in [7, 11) is 4.88. The van der Waals surface area contributed by atoms with Crippen LogP contribution < -0.4 is 33.4 Å². The van der Waals surface area contributed by atoms with Crippen LogP contribution in [0.3, 0.4) is 0 Å². The molecule has 9 rings (SSSR count). The fourth-order valence-corrected chi connectivity index (χ4v) is 7.11. The first kappa shape index (κ1) is 33.3. The Morgan fingerprint density at radius 3 is 0.909 bits per heavy atom. The molecule has 8 bridgehead atoms. The van der Waals surface area contributed by atoms with Gasteiger partial charge in [0.25, 0.3) is 0 Å². The summed E-state index contributed by atoms with van der Waals surface area (Å²) in [4.78, 5) is 34.4. The molecule has 0 aliphatic carbocycles. The molecule has 12 nitrogen and oxygen atoms in total. The average Bonchev–Trinajstić information content (AvgIpc) is 4.07. The first-order chi connectivity index (χ1) is 27.0. The summed E-state index contributed by atoms with van der Waals surface area (Å²) >= 11 is 0.